The van der Waals surface area contributed by atoms with E-state index < -0.39 is 57.8 Å². The summed E-state index contributed by atoms with van der Waals surface area (Å²) in [5, 5.41) is 9.82. The highest BCUT2D eigenvalue weighted by atomic mass is 31.2. The van der Waals surface area contributed by atoms with E-state index in [1.54, 1.807) is 0 Å². The van der Waals surface area contributed by atoms with E-state index in [4.69, 9.17) is 23.3 Å². The Morgan fingerprint density at radius 1 is 0.382 bits per heavy atom. The minimum atomic E-state index is -4.77. The summed E-state index contributed by atoms with van der Waals surface area (Å²) in [7, 11) is -4.77. The van der Waals surface area contributed by atoms with Gasteiger partial charge in [-0.2, -0.15) is 0 Å². The molecule has 0 fully saturated rings. The Morgan fingerprint density at radius 3 is 1.08 bits per heavy atom. The van der Waals surface area contributed by atoms with Crippen LogP contribution in [0.4, 0.5) is 0 Å². The standard InChI is InChI=1S/C64H109O11P/c1-4-7-10-13-16-19-22-25-28-30-33-35-38-41-44-47-50-53-62(66)71-57-61(75-64(68)55-52-49-46-43-40-37-34-31-29-26-23-20-17-14-11-8-5-2)59-73-76(69,70)72-58-60(56-65)74-63(67)54-51-48-45-42-39-36-32-27-24-21-18-15-12-9-6-3/h9,12,16-21,25-29,32,39,42,60-61,65H,4-8,10-11,13-15,22-24,30-31,33-38,40-41,43-59H2,1-3H3,(H,69,70)/b12-9-,19-16-,20-17-,21-18-,28-25-,29-26-,32-27-,42-39-. The first-order valence-corrected chi connectivity index (χ1v) is 31.6. The molecule has 0 aromatic rings. The minimum absolute atomic E-state index is 0.120. The van der Waals surface area contributed by atoms with Gasteiger partial charge in [-0.25, -0.2) is 4.57 Å². The molecule has 0 aromatic carbocycles. The molecule has 0 saturated heterocycles. The molecule has 0 heterocycles. The monoisotopic (exact) mass is 1080 g/mol. The van der Waals surface area contributed by atoms with Crippen molar-refractivity contribution >= 4 is 25.7 Å². The Bertz CT molecular complexity index is 1640. The molecule has 3 atom stereocenters. The predicted molar refractivity (Wildman–Crippen MR) is 316 cm³/mol. The van der Waals surface area contributed by atoms with Crippen molar-refractivity contribution in [2.75, 3.05) is 26.4 Å². The fourth-order valence-corrected chi connectivity index (χ4v) is 8.66. The summed E-state index contributed by atoms with van der Waals surface area (Å²) in [6.07, 6.45) is 67.9. The van der Waals surface area contributed by atoms with Gasteiger partial charge in [-0.3, -0.25) is 23.4 Å². The van der Waals surface area contributed by atoms with Gasteiger partial charge in [0, 0.05) is 19.3 Å². The molecule has 0 aliphatic carbocycles. The SMILES string of the molecule is CC/C=C\C/C=C\C/C=C\C/C=C\CCCCC(=O)OC(CO)COP(=O)(O)OCC(COC(=O)CCCCCCCCC/C=C\C/C=C\CCCCC)OC(=O)CCCCCCCCC/C=C\C/C=C\CCCCC. The third kappa shape index (κ3) is 55.2. The molecule has 0 rings (SSSR count). The molecule has 0 bridgehead atoms. The highest BCUT2D eigenvalue weighted by Gasteiger charge is 2.28. The van der Waals surface area contributed by atoms with Gasteiger partial charge in [0.25, 0.3) is 0 Å². The van der Waals surface area contributed by atoms with E-state index in [0.29, 0.717) is 19.3 Å². The zero-order chi connectivity index (χ0) is 55.5. The fourth-order valence-electron chi connectivity index (χ4n) is 7.88. The number of allylic oxidation sites excluding steroid dienone is 16. The van der Waals surface area contributed by atoms with Crippen molar-refractivity contribution in [1.82, 2.24) is 0 Å². The molecular formula is C64H109O11P. The number of phosphoric ester groups is 1. The molecule has 3 unspecified atom stereocenters. The van der Waals surface area contributed by atoms with E-state index in [-0.39, 0.29) is 25.9 Å². The lowest BCUT2D eigenvalue weighted by Gasteiger charge is -2.21. The van der Waals surface area contributed by atoms with Gasteiger partial charge in [0.05, 0.1) is 19.8 Å². The Morgan fingerprint density at radius 2 is 0.684 bits per heavy atom. The third-order valence-corrected chi connectivity index (χ3v) is 13.4. The first kappa shape index (κ1) is 72.4. The van der Waals surface area contributed by atoms with E-state index in [2.05, 4.69) is 118 Å². The Balaban J connectivity index is 4.79. The van der Waals surface area contributed by atoms with Gasteiger partial charge in [-0.1, -0.05) is 208 Å². The highest BCUT2D eigenvalue weighted by Crippen LogP contribution is 2.43. The minimum Gasteiger partial charge on any atom is -0.462 e. The van der Waals surface area contributed by atoms with Crippen molar-refractivity contribution < 1.29 is 52.2 Å². The number of carbonyl (C=O) groups excluding carboxylic acids is 3. The Hall–Kier alpha value is -3.60. The van der Waals surface area contributed by atoms with E-state index in [0.717, 1.165) is 116 Å². The Kier molecular flexibility index (Phi) is 54.8. The largest absolute Gasteiger partial charge is 0.472 e. The summed E-state index contributed by atoms with van der Waals surface area (Å²) in [4.78, 5) is 48.6. The van der Waals surface area contributed by atoms with Gasteiger partial charge < -0.3 is 24.2 Å². The van der Waals surface area contributed by atoms with Gasteiger partial charge in [-0.05, 0) is 122 Å². The van der Waals surface area contributed by atoms with Crippen LogP contribution in [0.2, 0.25) is 0 Å². The lowest BCUT2D eigenvalue weighted by molar-refractivity contribution is -0.161. The van der Waals surface area contributed by atoms with Crippen LogP contribution in [0.15, 0.2) is 97.2 Å². The van der Waals surface area contributed by atoms with Gasteiger partial charge in [0.1, 0.15) is 12.7 Å². The molecular weight excluding hydrogens is 976 g/mol. The van der Waals surface area contributed by atoms with Crippen LogP contribution in [-0.2, 0) is 42.2 Å². The molecule has 0 spiro atoms. The van der Waals surface area contributed by atoms with Crippen LogP contribution in [0.3, 0.4) is 0 Å². The zero-order valence-corrected chi connectivity index (χ0v) is 49.1. The van der Waals surface area contributed by atoms with Crippen LogP contribution in [0.1, 0.15) is 252 Å². The summed E-state index contributed by atoms with van der Waals surface area (Å²) >= 11 is 0. The number of carbonyl (C=O) groups is 3. The summed E-state index contributed by atoms with van der Waals surface area (Å²) < 4.78 is 39.5. The number of unbranched alkanes of at least 4 members (excludes halogenated alkanes) is 22. The quantitative estimate of drug-likeness (QED) is 0.0197. The van der Waals surface area contributed by atoms with Crippen molar-refractivity contribution in [3.05, 3.63) is 97.2 Å². The maximum atomic E-state index is 12.9. The number of aliphatic hydroxyl groups is 1. The molecule has 0 saturated carbocycles. The lowest BCUT2D eigenvalue weighted by atomic mass is 10.1. The second-order valence-corrected chi connectivity index (χ2v) is 21.2. The number of hydrogen-bond donors (Lipinski definition) is 2. The predicted octanol–water partition coefficient (Wildman–Crippen LogP) is 18.0. The molecule has 76 heavy (non-hydrogen) atoms. The molecule has 12 heteroatoms. The maximum Gasteiger partial charge on any atom is 0.472 e. The van der Waals surface area contributed by atoms with E-state index in [1.807, 2.05) is 0 Å². The van der Waals surface area contributed by atoms with Gasteiger partial charge >= 0.3 is 25.7 Å². The van der Waals surface area contributed by atoms with Crippen molar-refractivity contribution in [3.63, 3.8) is 0 Å². The lowest BCUT2D eigenvalue weighted by Crippen LogP contribution is -2.30. The molecule has 2 N–H and O–H groups in total. The smallest absolute Gasteiger partial charge is 0.462 e. The summed E-state index contributed by atoms with van der Waals surface area (Å²) in [5.41, 5.74) is 0. The number of ether oxygens (including phenoxy) is 3. The first-order valence-electron chi connectivity index (χ1n) is 30.1. The van der Waals surface area contributed by atoms with Gasteiger partial charge in [-0.15, -0.1) is 0 Å². The number of phosphoric acid groups is 1. The molecule has 11 nitrogen and oxygen atoms in total. The summed E-state index contributed by atoms with van der Waals surface area (Å²) in [6, 6.07) is 0. The molecule has 0 radical (unpaired) electrons. The molecule has 0 aliphatic heterocycles. The summed E-state index contributed by atoms with van der Waals surface area (Å²) in [6.45, 7) is 4.42. The second kappa shape index (κ2) is 57.6. The fraction of sp³-hybridized carbons (Fsp3) is 0.703. The molecule has 0 aliphatic rings. The van der Waals surface area contributed by atoms with Crippen molar-refractivity contribution in [2.24, 2.45) is 0 Å². The van der Waals surface area contributed by atoms with Crippen LogP contribution in [0.25, 0.3) is 0 Å². The second-order valence-electron chi connectivity index (χ2n) is 19.8. The van der Waals surface area contributed by atoms with E-state index in [9.17, 15) is 28.9 Å². The van der Waals surface area contributed by atoms with Gasteiger partial charge in [0.15, 0.2) is 6.10 Å². The van der Waals surface area contributed by atoms with Crippen LogP contribution in [-0.4, -0.2) is 66.5 Å². The first-order chi connectivity index (χ1) is 37.2. The number of aliphatic hydroxyl groups excluding tert-OH is 1. The average molecular weight is 1090 g/mol. The van der Waals surface area contributed by atoms with Crippen LogP contribution < -0.4 is 0 Å². The average Bonchev–Trinajstić information content (AvgIpc) is 3.41. The van der Waals surface area contributed by atoms with Crippen molar-refractivity contribution in [2.45, 2.75) is 264 Å². The molecule has 0 amide bonds. The number of esters is 3. The zero-order valence-electron chi connectivity index (χ0n) is 48.2. The Labute approximate surface area is 463 Å². The number of hydrogen-bond acceptors (Lipinski definition) is 10. The summed E-state index contributed by atoms with van der Waals surface area (Å²) in [5.74, 6) is -1.53. The van der Waals surface area contributed by atoms with Crippen LogP contribution in [0, 0.1) is 0 Å². The molecule has 436 valence electrons. The van der Waals surface area contributed by atoms with Crippen molar-refractivity contribution in [1.29, 1.82) is 0 Å². The van der Waals surface area contributed by atoms with Crippen molar-refractivity contribution in [3.8, 4) is 0 Å². The van der Waals surface area contributed by atoms with Crippen LogP contribution >= 0.6 is 7.82 Å². The van der Waals surface area contributed by atoms with E-state index >= 15 is 0 Å². The van der Waals surface area contributed by atoms with Crippen LogP contribution in [0.5, 0.6) is 0 Å². The topological polar surface area (TPSA) is 155 Å². The molecule has 0 aromatic heterocycles. The third-order valence-electron chi connectivity index (χ3n) is 12.5. The van der Waals surface area contributed by atoms with Gasteiger partial charge in [0.2, 0.25) is 0 Å². The highest BCUT2D eigenvalue weighted by molar-refractivity contribution is 7.47. The number of rotatable bonds is 55. The maximum absolute atomic E-state index is 12.9. The normalized spacial score (nSPS) is 14.0. The van der Waals surface area contributed by atoms with E-state index in [1.165, 1.54) is 77.0 Å².